The van der Waals surface area contributed by atoms with Crippen LogP contribution in [0.25, 0.3) is 11.1 Å². The predicted octanol–water partition coefficient (Wildman–Crippen LogP) is 1.01. The summed E-state index contributed by atoms with van der Waals surface area (Å²) in [7, 11) is 0. The zero-order chi connectivity index (χ0) is 11.7. The second-order valence-electron chi connectivity index (χ2n) is 3.74. The van der Waals surface area contributed by atoms with Gasteiger partial charge in [0, 0.05) is 19.4 Å². The van der Waals surface area contributed by atoms with Gasteiger partial charge < -0.3 is 15.9 Å². The van der Waals surface area contributed by atoms with Crippen LogP contribution in [0.5, 0.6) is 0 Å². The summed E-state index contributed by atoms with van der Waals surface area (Å²) < 4.78 is 5.38. The Morgan fingerprint density at radius 3 is 3.00 bits per heavy atom. The Bertz CT molecular complexity index is 533. The van der Waals surface area contributed by atoms with Crippen LogP contribution in [0.3, 0.4) is 0 Å². The first-order valence-electron chi connectivity index (χ1n) is 4.97. The molecule has 5 heteroatoms. The average molecular weight is 219 g/mol. The van der Waals surface area contributed by atoms with E-state index in [2.05, 4.69) is 4.98 Å². The Morgan fingerprint density at radius 1 is 1.56 bits per heavy atom. The van der Waals surface area contributed by atoms with Crippen LogP contribution in [0, 0.1) is 6.92 Å². The van der Waals surface area contributed by atoms with Crippen LogP contribution in [0.4, 0.5) is 0 Å². The minimum atomic E-state index is -0.415. The maximum atomic E-state index is 10.8. The van der Waals surface area contributed by atoms with Crippen molar-refractivity contribution in [3.8, 4) is 0 Å². The molecule has 16 heavy (non-hydrogen) atoms. The largest absolute Gasteiger partial charge is 0.441 e. The Kier molecular flexibility index (Phi) is 2.62. The lowest BCUT2D eigenvalue weighted by molar-refractivity contribution is -0.118. The van der Waals surface area contributed by atoms with Crippen molar-refractivity contribution in [3.05, 3.63) is 29.7 Å². The minimum Gasteiger partial charge on any atom is -0.441 e. The van der Waals surface area contributed by atoms with E-state index in [1.54, 1.807) is 13.0 Å². The minimum absolute atomic E-state index is 0.124. The van der Waals surface area contributed by atoms with Crippen LogP contribution in [0.2, 0.25) is 0 Å². The van der Waals surface area contributed by atoms with E-state index >= 15 is 0 Å². The molecule has 0 aliphatic carbocycles. The van der Waals surface area contributed by atoms with Crippen LogP contribution in [-0.2, 0) is 4.79 Å². The maximum absolute atomic E-state index is 10.8. The highest BCUT2D eigenvalue weighted by Gasteiger charge is 2.11. The van der Waals surface area contributed by atoms with Crippen molar-refractivity contribution in [1.29, 1.82) is 0 Å². The number of hydrogen-bond acceptors (Lipinski definition) is 4. The van der Waals surface area contributed by atoms with Gasteiger partial charge in [0.15, 0.2) is 11.5 Å². The lowest BCUT2D eigenvalue weighted by Crippen LogP contribution is -2.20. The molecule has 4 N–H and O–H groups in total. The van der Waals surface area contributed by atoms with Gasteiger partial charge in [0.1, 0.15) is 5.52 Å². The van der Waals surface area contributed by atoms with Gasteiger partial charge in [-0.25, -0.2) is 4.98 Å². The number of aryl methyl sites for hydroxylation is 1. The fourth-order valence-corrected chi connectivity index (χ4v) is 1.62. The summed E-state index contributed by atoms with van der Waals surface area (Å²) in [5.74, 6) is 0.192. The molecule has 1 aromatic heterocycles. The number of fused-ring (bicyclic) bond motifs is 1. The van der Waals surface area contributed by atoms with Crippen LogP contribution in [-0.4, -0.2) is 10.9 Å². The molecular formula is C11H13N3O2. The molecule has 1 atom stereocenters. The number of benzene rings is 1. The molecule has 0 spiro atoms. The molecule has 5 nitrogen and oxygen atoms in total. The van der Waals surface area contributed by atoms with E-state index in [0.29, 0.717) is 11.5 Å². The van der Waals surface area contributed by atoms with Crippen LogP contribution >= 0.6 is 0 Å². The number of aromatic nitrogens is 1. The lowest BCUT2D eigenvalue weighted by Gasteiger charge is -2.08. The summed E-state index contributed by atoms with van der Waals surface area (Å²) in [6.07, 6.45) is 0.124. The molecule has 0 aliphatic rings. The molecule has 1 amide bonds. The van der Waals surface area contributed by atoms with Gasteiger partial charge in [-0.2, -0.15) is 0 Å². The van der Waals surface area contributed by atoms with Gasteiger partial charge in [-0.05, 0) is 17.7 Å². The third kappa shape index (κ3) is 2.04. The van der Waals surface area contributed by atoms with Gasteiger partial charge in [-0.15, -0.1) is 0 Å². The first-order chi connectivity index (χ1) is 7.56. The molecule has 1 aromatic carbocycles. The normalized spacial score (nSPS) is 12.9. The molecule has 0 fully saturated rings. The maximum Gasteiger partial charge on any atom is 0.219 e. The van der Waals surface area contributed by atoms with Crippen molar-refractivity contribution >= 4 is 17.0 Å². The van der Waals surface area contributed by atoms with Crippen molar-refractivity contribution in [2.75, 3.05) is 0 Å². The molecule has 2 aromatic rings. The first-order valence-corrected chi connectivity index (χ1v) is 4.97. The number of carbonyl (C=O) groups excluding carboxylic acids is 1. The molecule has 1 unspecified atom stereocenters. The van der Waals surface area contributed by atoms with Crippen molar-refractivity contribution in [3.63, 3.8) is 0 Å². The molecular weight excluding hydrogens is 206 g/mol. The standard InChI is InChI=1S/C11H13N3O2/c1-6-14-9-3-2-7(4-10(9)16-6)8(12)5-11(13)15/h2-4,8H,5,12H2,1H3,(H2,13,15). The van der Waals surface area contributed by atoms with E-state index in [4.69, 9.17) is 15.9 Å². The summed E-state index contributed by atoms with van der Waals surface area (Å²) in [6, 6.07) is 5.05. The van der Waals surface area contributed by atoms with E-state index in [1.807, 2.05) is 12.1 Å². The smallest absolute Gasteiger partial charge is 0.219 e. The van der Waals surface area contributed by atoms with E-state index in [0.717, 1.165) is 11.1 Å². The fraction of sp³-hybridized carbons (Fsp3) is 0.273. The molecule has 0 saturated heterocycles. The Balaban J connectivity index is 2.34. The van der Waals surface area contributed by atoms with E-state index in [9.17, 15) is 4.79 Å². The summed E-state index contributed by atoms with van der Waals surface area (Å²) in [5.41, 5.74) is 13.2. The number of oxazole rings is 1. The van der Waals surface area contributed by atoms with Crippen molar-refractivity contribution < 1.29 is 9.21 Å². The number of carbonyl (C=O) groups is 1. The quantitative estimate of drug-likeness (QED) is 0.805. The van der Waals surface area contributed by atoms with E-state index in [-0.39, 0.29) is 6.42 Å². The molecule has 84 valence electrons. The molecule has 1 heterocycles. The number of nitrogens with zero attached hydrogens (tertiary/aromatic N) is 1. The topological polar surface area (TPSA) is 95.1 Å². The zero-order valence-electron chi connectivity index (χ0n) is 8.93. The zero-order valence-corrected chi connectivity index (χ0v) is 8.93. The number of nitrogens with two attached hydrogens (primary N) is 2. The number of amides is 1. The van der Waals surface area contributed by atoms with Gasteiger partial charge >= 0.3 is 0 Å². The van der Waals surface area contributed by atoms with Gasteiger partial charge in [-0.3, -0.25) is 4.79 Å². The van der Waals surface area contributed by atoms with Crippen molar-refractivity contribution in [2.24, 2.45) is 11.5 Å². The SMILES string of the molecule is Cc1nc2ccc(C(N)CC(N)=O)cc2o1. The van der Waals surface area contributed by atoms with Gasteiger partial charge in [0.05, 0.1) is 0 Å². The highest BCUT2D eigenvalue weighted by molar-refractivity contribution is 5.76. The molecule has 0 radical (unpaired) electrons. The number of primary amides is 1. The Labute approximate surface area is 92.4 Å². The molecule has 0 aliphatic heterocycles. The van der Waals surface area contributed by atoms with E-state index in [1.165, 1.54) is 0 Å². The lowest BCUT2D eigenvalue weighted by atomic mass is 10.0. The third-order valence-corrected chi connectivity index (χ3v) is 2.37. The second-order valence-corrected chi connectivity index (χ2v) is 3.74. The van der Waals surface area contributed by atoms with Crippen LogP contribution in [0.15, 0.2) is 22.6 Å². The predicted molar refractivity (Wildman–Crippen MR) is 59.5 cm³/mol. The first kappa shape index (κ1) is 10.6. The van der Waals surface area contributed by atoms with Crippen LogP contribution < -0.4 is 11.5 Å². The molecule has 0 bridgehead atoms. The van der Waals surface area contributed by atoms with Gasteiger partial charge in [0.2, 0.25) is 5.91 Å². The van der Waals surface area contributed by atoms with Crippen molar-refractivity contribution in [2.45, 2.75) is 19.4 Å². The highest BCUT2D eigenvalue weighted by Crippen LogP contribution is 2.21. The van der Waals surface area contributed by atoms with Crippen LogP contribution in [0.1, 0.15) is 23.9 Å². The van der Waals surface area contributed by atoms with Crippen molar-refractivity contribution in [1.82, 2.24) is 4.98 Å². The Hall–Kier alpha value is -1.88. The second kappa shape index (κ2) is 3.94. The third-order valence-electron chi connectivity index (χ3n) is 2.37. The average Bonchev–Trinajstić information content (AvgIpc) is 2.55. The Morgan fingerprint density at radius 2 is 2.31 bits per heavy atom. The number of rotatable bonds is 3. The monoisotopic (exact) mass is 219 g/mol. The summed E-state index contributed by atoms with van der Waals surface area (Å²) in [4.78, 5) is 14.9. The van der Waals surface area contributed by atoms with E-state index < -0.39 is 11.9 Å². The summed E-state index contributed by atoms with van der Waals surface area (Å²) in [6.45, 7) is 1.78. The van der Waals surface area contributed by atoms with Gasteiger partial charge in [-0.1, -0.05) is 6.07 Å². The van der Waals surface area contributed by atoms with Gasteiger partial charge in [0.25, 0.3) is 0 Å². The number of hydrogen-bond donors (Lipinski definition) is 2. The summed E-state index contributed by atoms with van der Waals surface area (Å²) in [5, 5.41) is 0. The fourth-order valence-electron chi connectivity index (χ4n) is 1.62. The highest BCUT2D eigenvalue weighted by atomic mass is 16.3. The molecule has 2 rings (SSSR count). The molecule has 0 saturated carbocycles. The summed E-state index contributed by atoms with van der Waals surface area (Å²) >= 11 is 0.